The fourth-order valence-corrected chi connectivity index (χ4v) is 1.59. The summed E-state index contributed by atoms with van der Waals surface area (Å²) < 4.78 is 13.5. The average molecular weight is 230 g/mol. The normalized spacial score (nSPS) is 27.2. The van der Waals surface area contributed by atoms with E-state index in [1.165, 1.54) is 0 Å². The summed E-state index contributed by atoms with van der Waals surface area (Å²) in [5, 5.41) is 0. The fourth-order valence-electron chi connectivity index (χ4n) is 1.34. The van der Waals surface area contributed by atoms with Gasteiger partial charge in [-0.3, -0.25) is 0 Å². The minimum Gasteiger partial charge on any atom is -0.327 e. The third-order valence-corrected chi connectivity index (χ3v) is 2.85. The van der Waals surface area contributed by atoms with Crippen LogP contribution in [0.2, 0.25) is 0 Å². The van der Waals surface area contributed by atoms with Crippen molar-refractivity contribution in [2.45, 2.75) is 18.4 Å². The molecule has 0 amide bonds. The van der Waals surface area contributed by atoms with Crippen molar-refractivity contribution >= 4 is 15.9 Å². The van der Waals surface area contributed by atoms with Crippen molar-refractivity contribution < 1.29 is 4.39 Å². The van der Waals surface area contributed by atoms with Gasteiger partial charge in [-0.1, -0.05) is 6.07 Å². The van der Waals surface area contributed by atoms with Crippen LogP contribution >= 0.6 is 15.9 Å². The third-order valence-electron chi connectivity index (χ3n) is 2.21. The lowest BCUT2D eigenvalue weighted by atomic mass is 10.1. The van der Waals surface area contributed by atoms with Gasteiger partial charge in [-0.05, 0) is 40.0 Å². The van der Waals surface area contributed by atoms with Crippen LogP contribution in [0.25, 0.3) is 0 Å². The van der Waals surface area contributed by atoms with Crippen molar-refractivity contribution in [3.8, 4) is 0 Å². The molecular weight excluding hydrogens is 221 g/mol. The van der Waals surface area contributed by atoms with Crippen molar-refractivity contribution in [1.29, 1.82) is 0 Å². The molecule has 1 aromatic rings. The van der Waals surface area contributed by atoms with Crippen LogP contribution in [0.3, 0.4) is 0 Å². The highest BCUT2D eigenvalue weighted by Crippen LogP contribution is 2.39. The molecule has 12 heavy (non-hydrogen) atoms. The van der Waals surface area contributed by atoms with Crippen molar-refractivity contribution in [3.63, 3.8) is 0 Å². The van der Waals surface area contributed by atoms with Crippen LogP contribution < -0.4 is 5.73 Å². The Bertz CT molecular complexity index is 313. The molecule has 64 valence electrons. The summed E-state index contributed by atoms with van der Waals surface area (Å²) in [7, 11) is 0. The van der Waals surface area contributed by atoms with Crippen molar-refractivity contribution in [2.24, 2.45) is 5.73 Å². The van der Waals surface area contributed by atoms with Gasteiger partial charge < -0.3 is 5.73 Å². The Kier molecular flexibility index (Phi) is 1.93. The second-order valence-corrected chi connectivity index (χ2v) is 4.03. The SMILES string of the molecule is N[C@H]1C[C@H]1c1ccc(Br)c(F)c1. The zero-order valence-electron chi connectivity index (χ0n) is 6.43. The Morgan fingerprint density at radius 1 is 1.50 bits per heavy atom. The molecule has 3 heteroatoms. The van der Waals surface area contributed by atoms with Gasteiger partial charge in [0.05, 0.1) is 4.47 Å². The number of nitrogens with two attached hydrogens (primary N) is 1. The maximum absolute atomic E-state index is 13.0. The molecule has 1 aromatic carbocycles. The molecule has 0 radical (unpaired) electrons. The van der Waals surface area contributed by atoms with Crippen molar-refractivity contribution in [3.05, 3.63) is 34.1 Å². The molecule has 0 saturated heterocycles. The molecule has 1 nitrogen and oxygen atoms in total. The molecule has 1 aliphatic rings. The molecule has 0 spiro atoms. The van der Waals surface area contributed by atoms with Crippen molar-refractivity contribution in [2.75, 3.05) is 0 Å². The topological polar surface area (TPSA) is 26.0 Å². The number of rotatable bonds is 1. The molecule has 1 aliphatic carbocycles. The van der Waals surface area contributed by atoms with E-state index in [9.17, 15) is 4.39 Å². The summed E-state index contributed by atoms with van der Waals surface area (Å²) in [5.74, 6) is 0.180. The summed E-state index contributed by atoms with van der Waals surface area (Å²) in [6.07, 6.45) is 0.987. The summed E-state index contributed by atoms with van der Waals surface area (Å²) in [4.78, 5) is 0. The van der Waals surface area contributed by atoms with E-state index in [0.717, 1.165) is 12.0 Å². The van der Waals surface area contributed by atoms with Crippen LogP contribution in [0.15, 0.2) is 22.7 Å². The highest BCUT2D eigenvalue weighted by molar-refractivity contribution is 9.10. The molecule has 2 rings (SSSR count). The summed E-state index contributed by atoms with van der Waals surface area (Å²) in [5.41, 5.74) is 6.67. The summed E-state index contributed by atoms with van der Waals surface area (Å²) in [6.45, 7) is 0. The standard InChI is InChI=1S/C9H9BrFN/c10-7-2-1-5(3-8(7)11)6-4-9(6)12/h1-3,6,9H,4,12H2/t6-,9-/m0/s1. The van der Waals surface area contributed by atoms with E-state index in [0.29, 0.717) is 10.4 Å². The van der Waals surface area contributed by atoms with Crippen LogP contribution in [0.5, 0.6) is 0 Å². The van der Waals surface area contributed by atoms with Gasteiger partial charge in [0.25, 0.3) is 0 Å². The lowest BCUT2D eigenvalue weighted by molar-refractivity contribution is 0.618. The van der Waals surface area contributed by atoms with Crippen LogP contribution in [0.1, 0.15) is 17.9 Å². The highest BCUT2D eigenvalue weighted by Gasteiger charge is 2.34. The smallest absolute Gasteiger partial charge is 0.137 e. The molecule has 0 unspecified atom stereocenters. The van der Waals surface area contributed by atoms with E-state index in [-0.39, 0.29) is 11.9 Å². The predicted octanol–water partition coefficient (Wildman–Crippen LogP) is 2.40. The van der Waals surface area contributed by atoms with E-state index >= 15 is 0 Å². The lowest BCUT2D eigenvalue weighted by Gasteiger charge is -1.99. The number of benzene rings is 1. The maximum atomic E-state index is 13.0. The van der Waals surface area contributed by atoms with Crippen molar-refractivity contribution in [1.82, 2.24) is 0 Å². The van der Waals surface area contributed by atoms with Crippen LogP contribution in [-0.2, 0) is 0 Å². The van der Waals surface area contributed by atoms with Gasteiger partial charge in [-0.15, -0.1) is 0 Å². The van der Waals surface area contributed by atoms with E-state index in [2.05, 4.69) is 15.9 Å². The van der Waals surface area contributed by atoms with E-state index in [1.807, 2.05) is 6.07 Å². The monoisotopic (exact) mass is 229 g/mol. The first kappa shape index (κ1) is 8.20. The van der Waals surface area contributed by atoms with Crippen LogP contribution in [0.4, 0.5) is 4.39 Å². The third kappa shape index (κ3) is 1.39. The molecule has 0 aromatic heterocycles. The van der Waals surface area contributed by atoms with Gasteiger partial charge in [-0.2, -0.15) is 0 Å². The number of halogens is 2. The minimum atomic E-state index is -0.202. The highest BCUT2D eigenvalue weighted by atomic mass is 79.9. The van der Waals surface area contributed by atoms with Crippen LogP contribution in [-0.4, -0.2) is 6.04 Å². The second kappa shape index (κ2) is 2.82. The molecular formula is C9H9BrFN. The molecule has 0 heterocycles. The van der Waals surface area contributed by atoms with Gasteiger partial charge in [0, 0.05) is 12.0 Å². The molecule has 0 aliphatic heterocycles. The summed E-state index contributed by atoms with van der Waals surface area (Å²) >= 11 is 3.11. The Labute approximate surface area is 78.9 Å². The molecule has 2 atom stereocenters. The minimum absolute atomic E-state index is 0.202. The number of hydrogen-bond acceptors (Lipinski definition) is 1. The van der Waals surface area contributed by atoms with Crippen LogP contribution in [0, 0.1) is 5.82 Å². The molecule has 2 N–H and O–H groups in total. The molecule has 1 saturated carbocycles. The van der Waals surface area contributed by atoms with Gasteiger partial charge in [0.2, 0.25) is 0 Å². The zero-order chi connectivity index (χ0) is 8.72. The Hall–Kier alpha value is -0.410. The van der Waals surface area contributed by atoms with Gasteiger partial charge in [0.1, 0.15) is 5.82 Å². The molecule has 0 bridgehead atoms. The quantitative estimate of drug-likeness (QED) is 0.787. The van der Waals surface area contributed by atoms with Gasteiger partial charge >= 0.3 is 0 Å². The number of hydrogen-bond donors (Lipinski definition) is 1. The van der Waals surface area contributed by atoms with E-state index in [4.69, 9.17) is 5.73 Å². The van der Waals surface area contributed by atoms with E-state index in [1.54, 1.807) is 12.1 Å². The largest absolute Gasteiger partial charge is 0.327 e. The Morgan fingerprint density at radius 3 is 2.67 bits per heavy atom. The predicted molar refractivity (Wildman–Crippen MR) is 49.4 cm³/mol. The zero-order valence-corrected chi connectivity index (χ0v) is 8.01. The molecule has 1 fully saturated rings. The first-order valence-electron chi connectivity index (χ1n) is 3.89. The fraction of sp³-hybridized carbons (Fsp3) is 0.333. The maximum Gasteiger partial charge on any atom is 0.137 e. The Morgan fingerprint density at radius 2 is 2.17 bits per heavy atom. The van der Waals surface area contributed by atoms with Gasteiger partial charge in [0.15, 0.2) is 0 Å². The average Bonchev–Trinajstić information content (AvgIpc) is 2.73. The van der Waals surface area contributed by atoms with Gasteiger partial charge in [-0.25, -0.2) is 4.39 Å². The second-order valence-electron chi connectivity index (χ2n) is 3.18. The first-order valence-corrected chi connectivity index (χ1v) is 4.68. The first-order chi connectivity index (χ1) is 5.68. The lowest BCUT2D eigenvalue weighted by Crippen LogP contribution is -2.01. The summed E-state index contributed by atoms with van der Waals surface area (Å²) in [6, 6.07) is 5.45. The Balaban J connectivity index is 2.29. The van der Waals surface area contributed by atoms with E-state index < -0.39 is 0 Å².